The molecule has 0 aromatic heterocycles. The molecule has 2 aromatic rings. The van der Waals surface area contributed by atoms with Crippen LogP contribution in [0.5, 0.6) is 0 Å². The van der Waals surface area contributed by atoms with E-state index >= 15 is 0 Å². The molecule has 0 atom stereocenters. The lowest BCUT2D eigenvalue weighted by Crippen LogP contribution is -2.08. The summed E-state index contributed by atoms with van der Waals surface area (Å²) in [5, 5.41) is 2.67. The van der Waals surface area contributed by atoms with E-state index in [2.05, 4.69) is 49.3 Å². The van der Waals surface area contributed by atoms with Crippen LogP contribution >= 0.6 is 0 Å². The molecule has 0 nitrogen and oxygen atoms in total. The van der Waals surface area contributed by atoms with Gasteiger partial charge in [0.2, 0.25) is 0 Å². The SMILES string of the molecule is CBc1ccc2ccccc2c1. The molecule has 2 rings (SSSR count). The Bertz CT molecular complexity index is 393. The topological polar surface area (TPSA) is 0 Å². The fourth-order valence-corrected chi connectivity index (χ4v) is 1.46. The van der Waals surface area contributed by atoms with E-state index in [1.54, 1.807) is 0 Å². The largest absolute Gasteiger partial charge is 0.154 e. The van der Waals surface area contributed by atoms with Crippen LogP contribution in [0.2, 0.25) is 6.82 Å². The summed E-state index contributed by atoms with van der Waals surface area (Å²) in [6, 6.07) is 15.1. The summed E-state index contributed by atoms with van der Waals surface area (Å²) in [6.07, 6.45) is 0. The predicted molar refractivity (Wildman–Crippen MR) is 56.6 cm³/mol. The number of fused-ring (bicyclic) bond motifs is 1. The maximum Gasteiger partial charge on any atom is 0.154 e. The Labute approximate surface area is 73.5 Å². The molecule has 0 fully saturated rings. The molecule has 12 heavy (non-hydrogen) atoms. The average molecular weight is 154 g/mol. The molecule has 0 saturated heterocycles. The van der Waals surface area contributed by atoms with Crippen molar-refractivity contribution in [2.45, 2.75) is 6.82 Å². The van der Waals surface area contributed by atoms with Crippen molar-refractivity contribution in [2.24, 2.45) is 0 Å². The lowest BCUT2D eigenvalue weighted by molar-refractivity contribution is 1.78. The Balaban J connectivity index is 2.67. The first-order chi connectivity index (χ1) is 5.90. The van der Waals surface area contributed by atoms with E-state index in [-0.39, 0.29) is 0 Å². The Morgan fingerprint density at radius 1 is 0.917 bits per heavy atom. The van der Waals surface area contributed by atoms with Crippen LogP contribution in [0.3, 0.4) is 0 Å². The van der Waals surface area contributed by atoms with E-state index in [1.807, 2.05) is 0 Å². The molecular weight excluding hydrogens is 143 g/mol. The summed E-state index contributed by atoms with van der Waals surface area (Å²) in [5.74, 6) is 0. The van der Waals surface area contributed by atoms with Crippen molar-refractivity contribution in [3.05, 3.63) is 42.5 Å². The van der Waals surface area contributed by atoms with Crippen molar-refractivity contribution in [1.29, 1.82) is 0 Å². The number of hydrogen-bond acceptors (Lipinski definition) is 0. The fraction of sp³-hybridized carbons (Fsp3) is 0.0909. The van der Waals surface area contributed by atoms with Crippen LogP contribution in [0.1, 0.15) is 0 Å². The van der Waals surface area contributed by atoms with Gasteiger partial charge in [-0.05, 0) is 10.8 Å². The molecule has 0 aliphatic heterocycles. The molecule has 2 aromatic carbocycles. The zero-order chi connectivity index (χ0) is 8.39. The quantitative estimate of drug-likeness (QED) is 0.550. The standard InChI is InChI=1S/C11H11B/c1-12-11-7-6-9-4-2-3-5-10(9)8-11/h2-8,12H,1H3. The van der Waals surface area contributed by atoms with E-state index in [0.717, 1.165) is 7.28 Å². The first-order valence-corrected chi connectivity index (χ1v) is 4.38. The van der Waals surface area contributed by atoms with E-state index in [9.17, 15) is 0 Å². The fourth-order valence-electron chi connectivity index (χ4n) is 1.46. The Hall–Kier alpha value is -1.24. The maximum atomic E-state index is 2.26. The van der Waals surface area contributed by atoms with Gasteiger partial charge in [0.25, 0.3) is 0 Å². The minimum atomic E-state index is 1.12. The van der Waals surface area contributed by atoms with E-state index in [1.165, 1.54) is 16.2 Å². The van der Waals surface area contributed by atoms with Gasteiger partial charge < -0.3 is 0 Å². The summed E-state index contributed by atoms with van der Waals surface area (Å²) in [7, 11) is 1.12. The zero-order valence-corrected chi connectivity index (χ0v) is 7.25. The number of hydrogen-bond donors (Lipinski definition) is 0. The van der Waals surface area contributed by atoms with Gasteiger partial charge in [-0.1, -0.05) is 54.8 Å². The van der Waals surface area contributed by atoms with Crippen LogP contribution in [-0.4, -0.2) is 7.28 Å². The van der Waals surface area contributed by atoms with E-state index in [0.29, 0.717) is 0 Å². The highest BCUT2D eigenvalue weighted by molar-refractivity contribution is 6.52. The molecule has 1 heteroatoms. The summed E-state index contributed by atoms with van der Waals surface area (Å²) in [6.45, 7) is 2.18. The van der Waals surface area contributed by atoms with E-state index in [4.69, 9.17) is 0 Å². The lowest BCUT2D eigenvalue weighted by atomic mass is 9.73. The molecule has 0 bridgehead atoms. The van der Waals surface area contributed by atoms with Gasteiger partial charge in [0.1, 0.15) is 0 Å². The second-order valence-electron chi connectivity index (χ2n) is 3.04. The van der Waals surface area contributed by atoms with Crippen molar-refractivity contribution in [2.75, 3.05) is 0 Å². The molecule has 0 saturated carbocycles. The van der Waals surface area contributed by atoms with Crippen LogP contribution in [-0.2, 0) is 0 Å². The lowest BCUT2D eigenvalue weighted by Gasteiger charge is -1.99. The molecule has 0 amide bonds. The predicted octanol–water partition coefficient (Wildman–Crippen LogP) is 1.95. The van der Waals surface area contributed by atoms with Crippen molar-refractivity contribution >= 4 is 23.5 Å². The van der Waals surface area contributed by atoms with Crippen molar-refractivity contribution in [3.8, 4) is 0 Å². The minimum absolute atomic E-state index is 1.12. The van der Waals surface area contributed by atoms with Gasteiger partial charge in [0, 0.05) is 0 Å². The van der Waals surface area contributed by atoms with Crippen LogP contribution in [0, 0.1) is 0 Å². The molecule has 0 aliphatic carbocycles. The van der Waals surface area contributed by atoms with Crippen LogP contribution < -0.4 is 5.46 Å². The van der Waals surface area contributed by atoms with Gasteiger partial charge in [-0.15, -0.1) is 0 Å². The van der Waals surface area contributed by atoms with Crippen LogP contribution in [0.4, 0.5) is 0 Å². The zero-order valence-electron chi connectivity index (χ0n) is 7.25. The second kappa shape index (κ2) is 3.02. The molecule has 0 aliphatic rings. The highest BCUT2D eigenvalue weighted by Crippen LogP contribution is 2.10. The minimum Gasteiger partial charge on any atom is -0.0849 e. The van der Waals surface area contributed by atoms with Crippen LogP contribution in [0.25, 0.3) is 10.8 Å². The molecule has 0 N–H and O–H groups in total. The van der Waals surface area contributed by atoms with Gasteiger partial charge in [-0.2, -0.15) is 0 Å². The summed E-state index contributed by atoms with van der Waals surface area (Å²) >= 11 is 0. The first kappa shape index (κ1) is 7.42. The molecular formula is C11H11B. The third-order valence-electron chi connectivity index (χ3n) is 2.22. The van der Waals surface area contributed by atoms with Gasteiger partial charge in [0.15, 0.2) is 7.28 Å². The van der Waals surface area contributed by atoms with Gasteiger partial charge in [-0.3, -0.25) is 0 Å². The van der Waals surface area contributed by atoms with Crippen molar-refractivity contribution < 1.29 is 0 Å². The molecule has 0 heterocycles. The van der Waals surface area contributed by atoms with Gasteiger partial charge >= 0.3 is 0 Å². The third kappa shape index (κ3) is 1.23. The molecule has 0 unspecified atom stereocenters. The molecule has 58 valence electrons. The number of rotatable bonds is 1. The first-order valence-electron chi connectivity index (χ1n) is 4.38. The Morgan fingerprint density at radius 2 is 1.67 bits per heavy atom. The van der Waals surface area contributed by atoms with Gasteiger partial charge in [0.05, 0.1) is 0 Å². The summed E-state index contributed by atoms with van der Waals surface area (Å²) < 4.78 is 0. The third-order valence-corrected chi connectivity index (χ3v) is 2.22. The average Bonchev–Trinajstić information content (AvgIpc) is 2.17. The highest BCUT2D eigenvalue weighted by Gasteiger charge is 1.93. The van der Waals surface area contributed by atoms with E-state index < -0.39 is 0 Å². The second-order valence-corrected chi connectivity index (χ2v) is 3.04. The Kier molecular flexibility index (Phi) is 1.87. The summed E-state index contributed by atoms with van der Waals surface area (Å²) in [5.41, 5.74) is 1.41. The normalized spacial score (nSPS) is 10.1. The Morgan fingerprint density at radius 3 is 2.42 bits per heavy atom. The van der Waals surface area contributed by atoms with Crippen molar-refractivity contribution in [3.63, 3.8) is 0 Å². The molecule has 0 radical (unpaired) electrons. The van der Waals surface area contributed by atoms with Gasteiger partial charge in [-0.25, -0.2) is 0 Å². The highest BCUT2D eigenvalue weighted by atomic mass is 13.9. The monoisotopic (exact) mass is 154 g/mol. The number of benzene rings is 2. The molecule has 0 spiro atoms. The maximum absolute atomic E-state index is 2.26. The van der Waals surface area contributed by atoms with Crippen molar-refractivity contribution in [1.82, 2.24) is 0 Å². The summed E-state index contributed by atoms with van der Waals surface area (Å²) in [4.78, 5) is 0. The smallest absolute Gasteiger partial charge is 0.0849 e. The van der Waals surface area contributed by atoms with Crippen LogP contribution in [0.15, 0.2) is 42.5 Å².